The Balaban J connectivity index is 2.44. The number of hydroxylamine groups is 1. The predicted molar refractivity (Wildman–Crippen MR) is 83.2 cm³/mol. The Morgan fingerprint density at radius 1 is 1.27 bits per heavy atom. The summed E-state index contributed by atoms with van der Waals surface area (Å²) < 4.78 is 26.8. The van der Waals surface area contributed by atoms with Crippen LogP contribution in [-0.4, -0.2) is 27.2 Å². The largest absolute Gasteiger partial charge is 0.272 e. The molecule has 1 aromatic carbocycles. The molecule has 22 heavy (non-hydrogen) atoms. The summed E-state index contributed by atoms with van der Waals surface area (Å²) >= 11 is 0. The van der Waals surface area contributed by atoms with Gasteiger partial charge in [-0.25, -0.2) is 5.48 Å². The van der Waals surface area contributed by atoms with Gasteiger partial charge in [-0.1, -0.05) is 50.1 Å². The zero-order chi connectivity index (χ0) is 16.4. The Morgan fingerprint density at radius 2 is 1.95 bits per heavy atom. The Kier molecular flexibility index (Phi) is 8.08. The molecular formula is C15H23NO5S. The molecule has 6 nitrogen and oxygen atoms in total. The first-order chi connectivity index (χ1) is 10.4. The van der Waals surface area contributed by atoms with Crippen molar-refractivity contribution < 1.29 is 22.2 Å². The standard InChI is InChI=1S/C15H23NO5S/c1-3-4-10-14(12-21-22(2,18)19)15(17)16-20-11-13-8-6-5-7-9-13/h5-9,14H,3-4,10-12H2,1-2H3,(H,16,17). The van der Waals surface area contributed by atoms with Crippen molar-refractivity contribution in [2.75, 3.05) is 12.9 Å². The molecule has 1 atom stereocenters. The molecule has 0 bridgehead atoms. The number of carbonyl (C=O) groups excluding carboxylic acids is 1. The maximum Gasteiger partial charge on any atom is 0.264 e. The lowest BCUT2D eigenvalue weighted by atomic mass is 10.0. The molecular weight excluding hydrogens is 306 g/mol. The van der Waals surface area contributed by atoms with Crippen LogP contribution in [0.15, 0.2) is 30.3 Å². The van der Waals surface area contributed by atoms with Crippen molar-refractivity contribution in [2.45, 2.75) is 32.8 Å². The van der Waals surface area contributed by atoms with Crippen molar-refractivity contribution in [1.82, 2.24) is 5.48 Å². The van der Waals surface area contributed by atoms with E-state index in [0.717, 1.165) is 24.7 Å². The highest BCUT2D eigenvalue weighted by atomic mass is 32.2. The Morgan fingerprint density at radius 3 is 2.55 bits per heavy atom. The normalized spacial score (nSPS) is 12.8. The first-order valence-corrected chi connectivity index (χ1v) is 9.04. The number of hydrogen-bond donors (Lipinski definition) is 1. The number of benzene rings is 1. The molecule has 0 aromatic heterocycles. The molecule has 0 saturated heterocycles. The lowest BCUT2D eigenvalue weighted by molar-refractivity contribution is -0.140. The van der Waals surface area contributed by atoms with Crippen LogP contribution in [0.4, 0.5) is 0 Å². The molecule has 0 fully saturated rings. The van der Waals surface area contributed by atoms with E-state index in [1.54, 1.807) is 0 Å². The fourth-order valence-electron chi connectivity index (χ4n) is 1.79. The Labute approximate surface area is 131 Å². The van der Waals surface area contributed by atoms with E-state index in [1.165, 1.54) is 0 Å². The maximum absolute atomic E-state index is 12.0. The van der Waals surface area contributed by atoms with Gasteiger partial charge in [0.1, 0.15) is 0 Å². The van der Waals surface area contributed by atoms with Crippen LogP contribution in [0.2, 0.25) is 0 Å². The molecule has 0 aliphatic heterocycles. The second kappa shape index (κ2) is 9.55. The maximum atomic E-state index is 12.0. The molecule has 7 heteroatoms. The minimum absolute atomic E-state index is 0.167. The van der Waals surface area contributed by atoms with Crippen LogP contribution in [-0.2, 0) is 30.5 Å². The van der Waals surface area contributed by atoms with Crippen LogP contribution in [0.25, 0.3) is 0 Å². The molecule has 0 saturated carbocycles. The molecule has 1 N–H and O–H groups in total. The summed E-state index contributed by atoms with van der Waals surface area (Å²) in [6.07, 6.45) is 3.23. The number of carbonyl (C=O) groups is 1. The third kappa shape index (κ3) is 8.11. The van der Waals surface area contributed by atoms with E-state index in [4.69, 9.17) is 9.02 Å². The van der Waals surface area contributed by atoms with Gasteiger partial charge in [-0.3, -0.25) is 13.8 Å². The van der Waals surface area contributed by atoms with Crippen LogP contribution >= 0.6 is 0 Å². The van der Waals surface area contributed by atoms with E-state index in [9.17, 15) is 13.2 Å². The molecule has 0 spiro atoms. The molecule has 0 heterocycles. The summed E-state index contributed by atoms with van der Waals surface area (Å²) in [5.74, 6) is -0.918. The smallest absolute Gasteiger partial charge is 0.264 e. The topological polar surface area (TPSA) is 81.7 Å². The highest BCUT2D eigenvalue weighted by Crippen LogP contribution is 2.11. The summed E-state index contributed by atoms with van der Waals surface area (Å²) in [6, 6.07) is 9.42. The van der Waals surface area contributed by atoms with E-state index in [2.05, 4.69) is 5.48 Å². The van der Waals surface area contributed by atoms with Crippen LogP contribution < -0.4 is 5.48 Å². The number of hydrogen-bond acceptors (Lipinski definition) is 5. The fraction of sp³-hybridized carbons (Fsp3) is 0.533. The molecule has 0 aliphatic rings. The first kappa shape index (κ1) is 18.6. The molecule has 0 radical (unpaired) electrons. The monoisotopic (exact) mass is 329 g/mol. The van der Waals surface area contributed by atoms with Crippen molar-refractivity contribution in [2.24, 2.45) is 5.92 Å². The molecule has 1 amide bonds. The van der Waals surface area contributed by atoms with E-state index in [-0.39, 0.29) is 19.1 Å². The van der Waals surface area contributed by atoms with E-state index < -0.39 is 16.0 Å². The summed E-state index contributed by atoms with van der Waals surface area (Å²) in [6.45, 7) is 2.08. The van der Waals surface area contributed by atoms with Gasteiger partial charge in [0.05, 0.1) is 25.4 Å². The third-order valence-corrected chi connectivity index (χ3v) is 3.58. The molecule has 1 rings (SSSR count). The second-order valence-electron chi connectivity index (χ2n) is 5.07. The van der Waals surface area contributed by atoms with E-state index in [1.807, 2.05) is 37.3 Å². The quantitative estimate of drug-likeness (QED) is 0.524. The Hall–Kier alpha value is -1.44. The first-order valence-electron chi connectivity index (χ1n) is 7.22. The second-order valence-corrected chi connectivity index (χ2v) is 6.71. The average molecular weight is 329 g/mol. The molecule has 1 unspecified atom stereocenters. The van der Waals surface area contributed by atoms with Gasteiger partial charge in [-0.05, 0) is 12.0 Å². The van der Waals surface area contributed by atoms with Gasteiger partial charge in [0, 0.05) is 0 Å². The van der Waals surface area contributed by atoms with E-state index in [0.29, 0.717) is 6.42 Å². The van der Waals surface area contributed by atoms with Crippen LogP contribution in [0, 0.1) is 5.92 Å². The predicted octanol–water partition coefficient (Wildman–Crippen LogP) is 2.02. The van der Waals surface area contributed by atoms with Crippen LogP contribution in [0.3, 0.4) is 0 Å². The lowest BCUT2D eigenvalue weighted by Gasteiger charge is -2.15. The van der Waals surface area contributed by atoms with Gasteiger partial charge in [0.15, 0.2) is 0 Å². The van der Waals surface area contributed by atoms with Crippen LogP contribution in [0.1, 0.15) is 31.7 Å². The number of nitrogens with one attached hydrogen (secondary N) is 1. The van der Waals surface area contributed by atoms with Crippen molar-refractivity contribution in [1.29, 1.82) is 0 Å². The zero-order valence-electron chi connectivity index (χ0n) is 12.9. The van der Waals surface area contributed by atoms with Gasteiger partial charge in [0.2, 0.25) is 5.91 Å². The van der Waals surface area contributed by atoms with Gasteiger partial charge in [0.25, 0.3) is 10.1 Å². The van der Waals surface area contributed by atoms with Crippen LogP contribution in [0.5, 0.6) is 0 Å². The number of rotatable bonds is 10. The van der Waals surface area contributed by atoms with E-state index >= 15 is 0 Å². The lowest BCUT2D eigenvalue weighted by Crippen LogP contribution is -2.34. The van der Waals surface area contributed by atoms with Crippen molar-refractivity contribution in [3.05, 3.63) is 35.9 Å². The average Bonchev–Trinajstić information content (AvgIpc) is 2.47. The summed E-state index contributed by atoms with van der Waals surface area (Å²) in [5.41, 5.74) is 3.29. The molecule has 1 aromatic rings. The fourth-order valence-corrected chi connectivity index (χ4v) is 2.21. The summed E-state index contributed by atoms with van der Waals surface area (Å²) in [7, 11) is -3.56. The van der Waals surface area contributed by atoms with Gasteiger partial charge in [-0.15, -0.1) is 0 Å². The highest BCUT2D eigenvalue weighted by Gasteiger charge is 2.20. The van der Waals surface area contributed by atoms with Crippen molar-refractivity contribution in [3.8, 4) is 0 Å². The molecule has 124 valence electrons. The minimum Gasteiger partial charge on any atom is -0.272 e. The zero-order valence-corrected chi connectivity index (χ0v) is 13.8. The van der Waals surface area contributed by atoms with Crippen molar-refractivity contribution in [3.63, 3.8) is 0 Å². The highest BCUT2D eigenvalue weighted by molar-refractivity contribution is 7.85. The van der Waals surface area contributed by atoms with Gasteiger partial charge in [-0.2, -0.15) is 8.42 Å². The van der Waals surface area contributed by atoms with Gasteiger partial charge < -0.3 is 0 Å². The summed E-state index contributed by atoms with van der Waals surface area (Å²) in [4.78, 5) is 17.2. The minimum atomic E-state index is -3.56. The van der Waals surface area contributed by atoms with Crippen molar-refractivity contribution >= 4 is 16.0 Å². The third-order valence-electron chi connectivity index (χ3n) is 3.01. The van der Waals surface area contributed by atoms with Gasteiger partial charge >= 0.3 is 0 Å². The SMILES string of the molecule is CCCCC(COS(C)(=O)=O)C(=O)NOCc1ccccc1. The number of amides is 1. The summed E-state index contributed by atoms with van der Waals surface area (Å²) in [5, 5.41) is 0. The Bertz CT molecular complexity index is 544. The molecule has 0 aliphatic carbocycles. The number of unbranched alkanes of at least 4 members (excludes halogenated alkanes) is 1.